The summed E-state index contributed by atoms with van der Waals surface area (Å²) >= 11 is 6.18. The summed E-state index contributed by atoms with van der Waals surface area (Å²) in [6.07, 6.45) is 6.35. The van der Waals surface area contributed by atoms with E-state index in [2.05, 4.69) is 16.6 Å². The van der Waals surface area contributed by atoms with Gasteiger partial charge in [0, 0.05) is 41.0 Å². The minimum Gasteiger partial charge on any atom is -0.494 e. The Bertz CT molecular complexity index is 1400. The second kappa shape index (κ2) is 10.5. The Morgan fingerprint density at radius 1 is 1.06 bits per heavy atom. The summed E-state index contributed by atoms with van der Waals surface area (Å²) in [6, 6.07) is 13.4. The Morgan fingerprint density at radius 3 is 2.33 bits per heavy atom. The van der Waals surface area contributed by atoms with Gasteiger partial charge in [-0.15, -0.1) is 6.42 Å². The normalized spacial score (nSPS) is 12.2. The number of hydrogen-bond acceptors (Lipinski definition) is 4. The first-order chi connectivity index (χ1) is 17.3. The number of halogens is 2. The van der Waals surface area contributed by atoms with Crippen molar-refractivity contribution < 1.29 is 18.7 Å². The third kappa shape index (κ3) is 5.16. The van der Waals surface area contributed by atoms with Crippen LogP contribution in [0.4, 0.5) is 15.8 Å². The lowest BCUT2D eigenvalue weighted by Gasteiger charge is -2.33. The molecule has 0 unspecified atom stereocenters. The summed E-state index contributed by atoms with van der Waals surface area (Å²) in [4.78, 5) is 27.9. The molecule has 1 fully saturated rings. The number of nitrogens with one attached hydrogen (secondary N) is 3. The predicted octanol–water partition coefficient (Wildman–Crippen LogP) is 5.00. The smallest absolute Gasteiger partial charge is 0.258 e. The van der Waals surface area contributed by atoms with Crippen LogP contribution in [0.3, 0.4) is 0 Å². The van der Waals surface area contributed by atoms with Crippen LogP contribution < -0.4 is 15.4 Å². The zero-order chi connectivity index (χ0) is 25.8. The van der Waals surface area contributed by atoms with Crippen LogP contribution in [0.15, 0.2) is 54.6 Å². The van der Waals surface area contributed by atoms with Crippen LogP contribution in [0.25, 0.3) is 0 Å². The lowest BCUT2D eigenvalue weighted by molar-refractivity contribution is 0.102. The number of likely N-dealkylation sites (tertiary alicyclic amines) is 1. The first-order valence-electron chi connectivity index (χ1n) is 11.0. The molecule has 182 valence electrons. The van der Waals surface area contributed by atoms with Crippen LogP contribution >= 0.6 is 11.6 Å². The van der Waals surface area contributed by atoms with Gasteiger partial charge in [0.25, 0.3) is 11.8 Å². The van der Waals surface area contributed by atoms with Crippen molar-refractivity contribution in [3.63, 3.8) is 0 Å². The van der Waals surface area contributed by atoms with Gasteiger partial charge in [0.15, 0.2) is 0 Å². The molecular formula is C27H22ClFN4O3. The van der Waals surface area contributed by atoms with E-state index in [1.54, 1.807) is 24.3 Å². The lowest BCUT2D eigenvalue weighted by atomic mass is 10.1. The highest BCUT2D eigenvalue weighted by Crippen LogP contribution is 2.34. The number of amidine groups is 1. The molecule has 3 aromatic rings. The van der Waals surface area contributed by atoms with Crippen LogP contribution in [0, 0.1) is 23.6 Å². The number of benzene rings is 3. The van der Waals surface area contributed by atoms with Crippen LogP contribution in [-0.4, -0.2) is 42.7 Å². The van der Waals surface area contributed by atoms with E-state index >= 15 is 0 Å². The summed E-state index contributed by atoms with van der Waals surface area (Å²) in [6.45, 7) is 1.50. The van der Waals surface area contributed by atoms with Crippen LogP contribution in [0.1, 0.15) is 38.3 Å². The van der Waals surface area contributed by atoms with Gasteiger partial charge in [-0.3, -0.25) is 15.0 Å². The first kappa shape index (κ1) is 24.8. The molecule has 7 nitrogen and oxygen atoms in total. The fourth-order valence-corrected chi connectivity index (χ4v) is 3.86. The Kier molecular flexibility index (Phi) is 7.23. The Balaban J connectivity index is 1.61. The lowest BCUT2D eigenvalue weighted by Crippen LogP contribution is -2.42. The zero-order valence-electron chi connectivity index (χ0n) is 19.3. The van der Waals surface area contributed by atoms with E-state index in [4.69, 9.17) is 28.2 Å². The first-order valence-corrected chi connectivity index (χ1v) is 11.4. The zero-order valence-corrected chi connectivity index (χ0v) is 20.1. The van der Waals surface area contributed by atoms with Crippen LogP contribution in [0.5, 0.6) is 5.75 Å². The van der Waals surface area contributed by atoms with E-state index in [1.165, 1.54) is 31.4 Å². The molecule has 4 rings (SSSR count). The molecule has 1 aliphatic heterocycles. The minimum atomic E-state index is -0.789. The topological polar surface area (TPSA) is 94.5 Å². The molecule has 9 heteroatoms. The minimum absolute atomic E-state index is 0.0188. The molecule has 1 saturated heterocycles. The number of nitrogens with zero attached hydrogens (tertiary/aromatic N) is 1. The van der Waals surface area contributed by atoms with E-state index in [9.17, 15) is 14.0 Å². The molecule has 3 aromatic carbocycles. The summed E-state index contributed by atoms with van der Waals surface area (Å²) in [5, 5.41) is 13.7. The number of anilines is 2. The third-order valence-corrected chi connectivity index (χ3v) is 5.96. The SMILES string of the molecule is C#Cc1ccc(NC(=O)c2cc(Cl)cc(OC)c2NC(=O)c2ccc(C(=N)N3CCC3)cc2F)cc1. The summed E-state index contributed by atoms with van der Waals surface area (Å²) < 4.78 is 20.2. The highest BCUT2D eigenvalue weighted by atomic mass is 35.5. The van der Waals surface area contributed by atoms with Crippen molar-refractivity contribution in [1.82, 2.24) is 4.90 Å². The molecule has 1 aliphatic rings. The van der Waals surface area contributed by atoms with Gasteiger partial charge in [0.1, 0.15) is 17.4 Å². The highest BCUT2D eigenvalue weighted by molar-refractivity contribution is 6.31. The molecule has 0 bridgehead atoms. The van der Waals surface area contributed by atoms with Crippen molar-refractivity contribution in [2.45, 2.75) is 6.42 Å². The predicted molar refractivity (Wildman–Crippen MR) is 138 cm³/mol. The van der Waals surface area contributed by atoms with E-state index in [-0.39, 0.29) is 33.4 Å². The number of methoxy groups -OCH3 is 1. The standard InChI is InChI=1S/C27H22ClFN4O3/c1-3-16-5-8-19(9-6-16)31-27(35)21-14-18(28)15-23(36-2)24(21)32-26(34)20-10-7-17(13-22(20)29)25(30)33-11-4-12-33/h1,5-10,13-15,30H,4,11-12H2,2H3,(H,31,35)(H,32,34). The van der Waals surface area contributed by atoms with Crippen molar-refractivity contribution in [3.05, 3.63) is 87.7 Å². The second-order valence-corrected chi connectivity index (χ2v) is 8.48. The fourth-order valence-electron chi connectivity index (χ4n) is 3.65. The maximum Gasteiger partial charge on any atom is 0.258 e. The number of carbonyl (C=O) groups is 2. The largest absolute Gasteiger partial charge is 0.494 e. The van der Waals surface area contributed by atoms with E-state index < -0.39 is 17.6 Å². The molecule has 0 aromatic heterocycles. The molecular weight excluding hydrogens is 483 g/mol. The summed E-state index contributed by atoms with van der Waals surface area (Å²) in [5.41, 5.74) is 1.30. The molecule has 0 radical (unpaired) electrons. The monoisotopic (exact) mass is 504 g/mol. The maximum absolute atomic E-state index is 14.9. The number of hydrogen-bond donors (Lipinski definition) is 3. The molecule has 0 atom stereocenters. The molecule has 1 heterocycles. The third-order valence-electron chi connectivity index (χ3n) is 5.74. The highest BCUT2D eigenvalue weighted by Gasteiger charge is 2.23. The number of terminal acetylenes is 1. The average molecular weight is 505 g/mol. The molecule has 3 N–H and O–H groups in total. The van der Waals surface area contributed by atoms with Gasteiger partial charge in [-0.25, -0.2) is 4.39 Å². The van der Waals surface area contributed by atoms with E-state index in [0.717, 1.165) is 25.6 Å². The van der Waals surface area contributed by atoms with Crippen molar-refractivity contribution in [2.75, 3.05) is 30.8 Å². The van der Waals surface area contributed by atoms with Crippen LogP contribution in [0.2, 0.25) is 5.02 Å². The van der Waals surface area contributed by atoms with Gasteiger partial charge in [-0.1, -0.05) is 23.6 Å². The Labute approximate surface area is 212 Å². The van der Waals surface area contributed by atoms with Crippen molar-refractivity contribution >= 4 is 40.6 Å². The maximum atomic E-state index is 14.9. The molecule has 2 amide bonds. The quantitative estimate of drug-likeness (QED) is 0.250. The number of rotatable bonds is 6. The average Bonchev–Trinajstić information content (AvgIpc) is 2.83. The molecule has 0 saturated carbocycles. The van der Waals surface area contributed by atoms with Gasteiger partial charge >= 0.3 is 0 Å². The molecule has 0 spiro atoms. The van der Waals surface area contributed by atoms with Gasteiger partial charge in [0.05, 0.1) is 23.9 Å². The summed E-state index contributed by atoms with van der Waals surface area (Å²) in [7, 11) is 1.36. The molecule has 36 heavy (non-hydrogen) atoms. The van der Waals surface area contributed by atoms with Crippen molar-refractivity contribution in [1.29, 1.82) is 5.41 Å². The number of amides is 2. The summed E-state index contributed by atoms with van der Waals surface area (Å²) in [5.74, 6) is 0.679. The van der Waals surface area contributed by atoms with Gasteiger partial charge in [0.2, 0.25) is 0 Å². The van der Waals surface area contributed by atoms with Gasteiger partial charge < -0.3 is 20.3 Å². The van der Waals surface area contributed by atoms with Crippen LogP contribution in [-0.2, 0) is 0 Å². The fraction of sp³-hybridized carbons (Fsp3) is 0.148. The molecule has 0 aliphatic carbocycles. The van der Waals surface area contributed by atoms with Crippen molar-refractivity contribution in [3.8, 4) is 18.1 Å². The Morgan fingerprint density at radius 2 is 1.75 bits per heavy atom. The van der Waals surface area contributed by atoms with E-state index in [0.29, 0.717) is 16.8 Å². The van der Waals surface area contributed by atoms with Crippen molar-refractivity contribution in [2.24, 2.45) is 0 Å². The van der Waals surface area contributed by atoms with Gasteiger partial charge in [-0.05, 0) is 48.9 Å². The van der Waals surface area contributed by atoms with Gasteiger partial charge in [-0.2, -0.15) is 0 Å². The number of ether oxygens (including phenoxy) is 1. The Hall–Kier alpha value is -4.35. The van der Waals surface area contributed by atoms with E-state index in [1.807, 2.05) is 4.90 Å². The number of carbonyl (C=O) groups excluding carboxylic acids is 2. The second-order valence-electron chi connectivity index (χ2n) is 8.04.